The van der Waals surface area contributed by atoms with Gasteiger partial charge in [-0.05, 0) is 42.3 Å². The van der Waals surface area contributed by atoms with E-state index >= 15 is 70.2 Å². The smallest absolute Gasteiger partial charge is 0.286 e. The molecule has 0 aromatic heterocycles. The highest BCUT2D eigenvalue weighted by atomic mass is 27.2. The fourth-order valence-electron chi connectivity index (χ4n) is 9.55. The molecule has 0 bridgehead atoms. The molecule has 0 aliphatic rings. The molecule has 10 aromatic carbocycles. The molecule has 0 radical (unpaired) electrons. The lowest BCUT2D eigenvalue weighted by atomic mass is 10.1. The van der Waals surface area contributed by atoms with Gasteiger partial charge in [0, 0.05) is 0 Å². The summed E-state index contributed by atoms with van der Waals surface area (Å²) in [5.74, 6) is -54.3. The van der Waals surface area contributed by atoms with Crippen molar-refractivity contribution >= 4 is 73.9 Å². The van der Waals surface area contributed by atoms with Crippen LogP contribution in [0.15, 0.2) is 109 Å². The Labute approximate surface area is 422 Å². The van der Waals surface area contributed by atoms with Gasteiger partial charge in [0.25, 0.3) is 13.1 Å². The van der Waals surface area contributed by atoms with Crippen molar-refractivity contribution in [1.29, 1.82) is 0 Å². The largest absolute Gasteiger partial charge is 0.349 e. The summed E-state index contributed by atoms with van der Waals surface area (Å²) in [7, 11) is 2.06. The third-order valence-electron chi connectivity index (χ3n) is 12.9. The van der Waals surface area contributed by atoms with Gasteiger partial charge in [0.2, 0.25) is 0 Å². The highest BCUT2D eigenvalue weighted by Crippen LogP contribution is 2.38. The lowest BCUT2D eigenvalue weighted by Crippen LogP contribution is -2.78. The van der Waals surface area contributed by atoms with Crippen LogP contribution in [0.25, 0.3) is 54.2 Å². The van der Waals surface area contributed by atoms with Crippen molar-refractivity contribution in [3.63, 3.8) is 0 Å². The molecule has 0 saturated carbocycles. The maximum Gasteiger partial charge on any atom is 0.286 e. The first kappa shape index (κ1) is 55.6. The van der Waals surface area contributed by atoms with Crippen molar-refractivity contribution in [1.82, 2.24) is 0 Å². The van der Waals surface area contributed by atoms with Crippen LogP contribution in [0.4, 0.5) is 87.8 Å². The van der Waals surface area contributed by atoms with Crippen molar-refractivity contribution in [2.45, 2.75) is 6.92 Å². The molecule has 0 unspecified atom stereocenters. The molecule has 22 heteroatoms. The number of nitrogens with two attached hydrogens (primary N) is 1. The Morgan fingerprint density at radius 1 is 0.273 bits per heavy atom. The third-order valence-corrected chi connectivity index (χ3v) is 18.6. The molecule has 0 heterocycles. The summed E-state index contributed by atoms with van der Waals surface area (Å²) < 4.78 is 309. The number of fused-ring (bicyclic) bond motifs is 4. The van der Waals surface area contributed by atoms with Gasteiger partial charge in [-0.25, -0.2) is 87.8 Å². The van der Waals surface area contributed by atoms with E-state index in [1.54, 1.807) is 0 Å². The molecule has 2 N–H and O–H groups in total. The zero-order valence-corrected chi connectivity index (χ0v) is 40.0. The Balaban J connectivity index is 0.000000419. The van der Waals surface area contributed by atoms with Gasteiger partial charge >= 0.3 is 0 Å². The second kappa shape index (κ2) is 21.4. The maximum atomic E-state index is 17.3. The van der Waals surface area contributed by atoms with Gasteiger partial charge in [-0.3, -0.25) is 0 Å². The first-order valence-corrected chi connectivity index (χ1v) is 24.7. The molecule has 0 saturated heterocycles. The fraction of sp³-hybridized carbons (Fsp3) is 0.0545. The Kier molecular flexibility index (Phi) is 15.4. The van der Waals surface area contributed by atoms with E-state index in [9.17, 15) is 17.6 Å². The minimum atomic E-state index is -8.35. The van der Waals surface area contributed by atoms with Gasteiger partial charge in [-0.15, -0.1) is 0 Å². The zero-order valence-electron chi connectivity index (χ0n) is 38.8. The standard InChI is InChI=1S/C12H10.4C10H2F5.C3H9N.Al/c1-3-7-11(8-4-1)12-9-5-2-6-10-12;4*11-5-2-1-4-3-6(12)9(14)10(15)7(4)8(5)13;1-3-4-2;/h1-10H;4*1-2H;4H,3H2,1-2H3;/q;;;;;;-1/p+1. The van der Waals surface area contributed by atoms with Crippen molar-refractivity contribution in [3.8, 4) is 11.1 Å². The van der Waals surface area contributed by atoms with Crippen molar-refractivity contribution < 1.29 is 93.1 Å². The molecule has 0 aliphatic heterocycles. The van der Waals surface area contributed by atoms with Crippen LogP contribution in [0.2, 0.25) is 0 Å². The summed E-state index contributed by atoms with van der Waals surface area (Å²) in [5, 5.41) is -13.8. The predicted octanol–water partition coefficient (Wildman–Crippen LogP) is 13.0. The number of quaternary nitrogens is 1. The Bertz CT molecular complexity index is 3540. The Morgan fingerprint density at radius 3 is 0.675 bits per heavy atom. The summed E-state index contributed by atoms with van der Waals surface area (Å²) in [6.07, 6.45) is 0. The van der Waals surface area contributed by atoms with Gasteiger partial charge in [0.1, 0.15) is 23.3 Å². The number of hydrogen-bond acceptors (Lipinski definition) is 0. The molecule has 0 atom stereocenters. The highest BCUT2D eigenvalue weighted by molar-refractivity contribution is 7.23. The van der Waals surface area contributed by atoms with E-state index < -0.39 is 190 Å². The lowest BCUT2D eigenvalue weighted by Gasteiger charge is -2.44. The molecule has 396 valence electrons. The minimum absolute atomic E-state index is 0.00408. The number of halogens is 20. The molecule has 10 rings (SSSR count). The van der Waals surface area contributed by atoms with Crippen LogP contribution < -0.4 is 23.0 Å². The molecular weight excluding hydrogens is 1080 g/mol. The summed E-state index contributed by atoms with van der Waals surface area (Å²) in [4.78, 5) is 0. The SMILES string of the molecule is CC[NH2+]C.Fc1ccc2[c]([Al-]([c]3c(F)c(F)c(F)c4c(F)c(F)ccc34)([c]3c(F)c(F)c(F)c4c(F)c(F)ccc34)[c]3c(F)c(F)c(F)c4c(F)c(F)ccc34)c(F)c(F)c(F)c2c1F.c1ccc(-c2ccccc2)cc1. The lowest BCUT2D eigenvalue weighted by molar-refractivity contribution is -0.623. The average Bonchev–Trinajstić information content (AvgIpc) is 3.59. The van der Waals surface area contributed by atoms with E-state index in [4.69, 9.17) is 0 Å². The van der Waals surface area contributed by atoms with Crippen LogP contribution in [-0.4, -0.2) is 26.7 Å². The van der Waals surface area contributed by atoms with Gasteiger partial charge in [0.05, 0.1) is 35.1 Å². The molecule has 1 nitrogen and oxygen atoms in total. The van der Waals surface area contributed by atoms with E-state index in [1.165, 1.54) is 17.7 Å². The maximum absolute atomic E-state index is 17.3. The van der Waals surface area contributed by atoms with Crippen LogP contribution in [0.5, 0.6) is 0 Å². The third kappa shape index (κ3) is 8.75. The summed E-state index contributed by atoms with van der Waals surface area (Å²) in [6.45, 7) is 3.32. The van der Waals surface area contributed by atoms with Gasteiger partial charge in [0.15, 0.2) is 93.1 Å². The predicted molar refractivity (Wildman–Crippen MR) is 250 cm³/mol. The number of benzene rings is 10. The van der Waals surface area contributed by atoms with E-state index in [1.807, 2.05) is 12.1 Å². The molecule has 0 amide bonds. The van der Waals surface area contributed by atoms with Crippen LogP contribution >= 0.6 is 0 Å². The normalized spacial score (nSPS) is 11.6. The first-order chi connectivity index (χ1) is 36.5. The van der Waals surface area contributed by atoms with Crippen LogP contribution in [0, 0.1) is 116 Å². The van der Waals surface area contributed by atoms with E-state index in [-0.39, 0.29) is 48.5 Å². The van der Waals surface area contributed by atoms with E-state index in [0.29, 0.717) is 0 Å². The minimum Gasteiger partial charge on any atom is -0.349 e. The first-order valence-electron chi connectivity index (χ1n) is 22.3. The zero-order chi connectivity index (χ0) is 56.3. The molecule has 0 aliphatic carbocycles. The van der Waals surface area contributed by atoms with Crippen molar-refractivity contribution in [2.24, 2.45) is 0 Å². The Hall–Kier alpha value is -7.67. The second-order valence-electron chi connectivity index (χ2n) is 17.0. The van der Waals surface area contributed by atoms with Crippen molar-refractivity contribution in [2.75, 3.05) is 13.6 Å². The molecule has 0 spiro atoms. The second-order valence-corrected chi connectivity index (χ2v) is 21.0. The fourth-order valence-corrected chi connectivity index (χ4v) is 16.1. The van der Waals surface area contributed by atoms with Crippen LogP contribution in [-0.2, 0) is 0 Å². The van der Waals surface area contributed by atoms with Gasteiger partial charge in [-0.1, -0.05) is 106 Å². The van der Waals surface area contributed by atoms with Crippen molar-refractivity contribution in [3.05, 3.63) is 226 Å². The van der Waals surface area contributed by atoms with E-state index in [2.05, 4.69) is 67.8 Å². The monoisotopic (exact) mass is 1110 g/mol. The van der Waals surface area contributed by atoms with Gasteiger partial charge in [-0.2, -0.15) is 17.7 Å². The van der Waals surface area contributed by atoms with Crippen LogP contribution in [0.1, 0.15) is 6.92 Å². The number of hydrogen-bond donors (Lipinski definition) is 1. The summed E-state index contributed by atoms with van der Waals surface area (Å²) in [6, 6.07) is 20.5. The van der Waals surface area contributed by atoms with E-state index in [0.717, 1.165) is 0 Å². The van der Waals surface area contributed by atoms with Crippen LogP contribution in [0.3, 0.4) is 0 Å². The quantitative estimate of drug-likeness (QED) is 0.0971. The molecule has 77 heavy (non-hydrogen) atoms. The molecular formula is C55H28AlF20N. The van der Waals surface area contributed by atoms with Gasteiger partial charge < -0.3 is 5.32 Å². The summed E-state index contributed by atoms with van der Waals surface area (Å²) in [5.41, 5.74) is 2.55. The highest BCUT2D eigenvalue weighted by Gasteiger charge is 2.52. The topological polar surface area (TPSA) is 16.6 Å². The Morgan fingerprint density at radius 2 is 0.481 bits per heavy atom. The molecule has 0 fully saturated rings. The summed E-state index contributed by atoms with van der Waals surface area (Å²) >= 11 is -8.35. The number of rotatable bonds is 6. The average molecular weight is 1110 g/mol. The molecule has 10 aromatic rings.